The van der Waals surface area contributed by atoms with Crippen LogP contribution in [0.5, 0.6) is 0 Å². The number of unbranched alkanes of at least 4 members (excludes halogenated alkanes) is 12. The van der Waals surface area contributed by atoms with Crippen LogP contribution in [0.4, 0.5) is 0 Å². The summed E-state index contributed by atoms with van der Waals surface area (Å²) in [6.07, 6.45) is 19.7. The lowest BCUT2D eigenvalue weighted by atomic mass is 10.0. The largest absolute Gasteiger partial charge is 0.501 e. The van der Waals surface area contributed by atoms with Crippen molar-refractivity contribution in [1.82, 2.24) is 0 Å². The molecule has 0 aliphatic rings. The van der Waals surface area contributed by atoms with Crippen LogP contribution in [0.1, 0.15) is 131 Å². The van der Waals surface area contributed by atoms with E-state index in [1.807, 2.05) is 20.8 Å². The van der Waals surface area contributed by atoms with Crippen molar-refractivity contribution in [3.8, 4) is 0 Å². The van der Waals surface area contributed by atoms with Crippen LogP contribution in [0, 0.1) is 0 Å². The maximum atomic E-state index is 6.06. The number of hydrogen-bond acceptors (Lipinski definition) is 3. The summed E-state index contributed by atoms with van der Waals surface area (Å²) in [5, 5.41) is 0. The molecule has 0 spiro atoms. The van der Waals surface area contributed by atoms with Gasteiger partial charge in [0.2, 0.25) is 0 Å². The first-order valence-corrected chi connectivity index (χ1v) is 16.8. The van der Waals surface area contributed by atoms with E-state index in [9.17, 15) is 0 Å². The predicted octanol–water partition coefficient (Wildman–Crippen LogP) is 8.37. The lowest BCUT2D eigenvalue weighted by Gasteiger charge is -2.38. The van der Waals surface area contributed by atoms with Crippen LogP contribution >= 0.6 is 0 Å². The molecule has 0 N–H and O–H groups in total. The summed E-state index contributed by atoms with van der Waals surface area (Å²) in [6.45, 7) is 20.2. The zero-order valence-electron chi connectivity index (χ0n) is 23.7. The van der Waals surface area contributed by atoms with E-state index in [2.05, 4.69) is 20.8 Å². The Hall–Kier alpha value is 0.0569. The topological polar surface area (TPSA) is 27.7 Å². The van der Waals surface area contributed by atoms with Gasteiger partial charge < -0.3 is 17.8 Å². The van der Waals surface area contributed by atoms with Crippen LogP contribution in [-0.4, -0.2) is 59.3 Å². The van der Waals surface area contributed by atoms with E-state index >= 15 is 0 Å². The molecule has 0 saturated carbocycles. The number of rotatable bonds is 26. The Morgan fingerprint density at radius 1 is 0.455 bits per heavy atom. The molecule has 0 aromatic rings. The monoisotopic (exact) mass is 488 g/mol. The zero-order chi connectivity index (χ0) is 24.7. The minimum Gasteiger partial charge on any atom is -0.374 e. The van der Waals surface area contributed by atoms with Gasteiger partial charge in [-0.05, 0) is 47.5 Å². The number of hydrogen-bond donors (Lipinski definition) is 0. The van der Waals surface area contributed by atoms with Crippen LogP contribution in [0.2, 0.25) is 6.04 Å². The van der Waals surface area contributed by atoms with Gasteiger partial charge in [-0.3, -0.25) is 0 Å². The van der Waals surface area contributed by atoms with Gasteiger partial charge in [-0.15, -0.1) is 0 Å². The van der Waals surface area contributed by atoms with Crippen molar-refractivity contribution in [1.29, 1.82) is 0 Å². The summed E-state index contributed by atoms with van der Waals surface area (Å²) in [4.78, 5) is 0. The van der Waals surface area contributed by atoms with Crippen LogP contribution in [0.25, 0.3) is 0 Å². The molecule has 4 nitrogen and oxygen atoms in total. The van der Waals surface area contributed by atoms with E-state index < -0.39 is 8.80 Å². The molecular weight excluding hydrogens is 426 g/mol. The van der Waals surface area contributed by atoms with E-state index in [0.29, 0.717) is 19.8 Å². The highest BCUT2D eigenvalue weighted by Crippen LogP contribution is 2.21. The summed E-state index contributed by atoms with van der Waals surface area (Å²) in [5.74, 6) is 0. The van der Waals surface area contributed by atoms with E-state index in [1.54, 1.807) is 0 Å². The first-order chi connectivity index (χ1) is 16.1. The summed E-state index contributed by atoms with van der Waals surface area (Å²) in [6, 6.07) is 0.946. The van der Waals surface area contributed by atoms with Gasteiger partial charge in [0.1, 0.15) is 0 Å². The lowest BCUT2D eigenvalue weighted by Crippen LogP contribution is -2.51. The third-order valence-electron chi connectivity index (χ3n) is 7.29. The Labute approximate surface area is 210 Å². The van der Waals surface area contributed by atoms with Crippen molar-refractivity contribution in [2.75, 3.05) is 46.0 Å². The molecular formula is C28H62NO3Si+. The molecule has 0 atom stereocenters. The molecule has 0 aromatic heterocycles. The predicted molar refractivity (Wildman–Crippen MR) is 147 cm³/mol. The molecule has 0 fully saturated rings. The van der Waals surface area contributed by atoms with Crippen molar-refractivity contribution in [2.45, 2.75) is 137 Å². The third kappa shape index (κ3) is 16.4. The van der Waals surface area contributed by atoms with Gasteiger partial charge in [0.15, 0.2) is 0 Å². The normalized spacial score (nSPS) is 12.5. The highest BCUT2D eigenvalue weighted by atomic mass is 28.4. The minimum absolute atomic E-state index is 0.673. The van der Waals surface area contributed by atoms with Crippen LogP contribution in [-0.2, 0) is 13.3 Å². The summed E-state index contributed by atoms with van der Waals surface area (Å²) < 4.78 is 19.4. The Morgan fingerprint density at radius 3 is 1.18 bits per heavy atom. The SMILES string of the molecule is CCCCCCCCCCCCCCC[N+](CC)(CC)CCC[Si](OCC)(OCC)OCC. The molecule has 0 bridgehead atoms. The summed E-state index contributed by atoms with van der Waals surface area (Å²) in [5.41, 5.74) is 0. The van der Waals surface area contributed by atoms with Crippen molar-refractivity contribution >= 4 is 8.80 Å². The fourth-order valence-corrected chi connectivity index (χ4v) is 7.66. The smallest absolute Gasteiger partial charge is 0.374 e. The molecule has 0 saturated heterocycles. The molecule has 5 heteroatoms. The fraction of sp³-hybridized carbons (Fsp3) is 1.00. The maximum Gasteiger partial charge on any atom is 0.501 e. The molecule has 0 aliphatic heterocycles. The molecule has 0 aromatic carbocycles. The fourth-order valence-electron chi connectivity index (χ4n) is 5.07. The second-order valence-corrected chi connectivity index (χ2v) is 12.5. The van der Waals surface area contributed by atoms with Gasteiger partial charge in [-0.1, -0.05) is 77.6 Å². The quantitative estimate of drug-likeness (QED) is 0.0695. The Bertz CT molecular complexity index is 388. The molecule has 0 aliphatic carbocycles. The zero-order valence-corrected chi connectivity index (χ0v) is 24.7. The first-order valence-electron chi connectivity index (χ1n) is 14.8. The van der Waals surface area contributed by atoms with E-state index in [4.69, 9.17) is 13.3 Å². The highest BCUT2D eigenvalue weighted by molar-refractivity contribution is 6.60. The first kappa shape index (κ1) is 33.1. The maximum absolute atomic E-state index is 6.06. The number of quaternary nitrogens is 1. The molecule has 0 rings (SSSR count). The average molecular weight is 489 g/mol. The Morgan fingerprint density at radius 2 is 0.818 bits per heavy atom. The van der Waals surface area contributed by atoms with Crippen molar-refractivity contribution in [3.63, 3.8) is 0 Å². The molecule has 33 heavy (non-hydrogen) atoms. The van der Waals surface area contributed by atoms with Crippen LogP contribution < -0.4 is 0 Å². The van der Waals surface area contributed by atoms with Gasteiger partial charge in [0.25, 0.3) is 0 Å². The van der Waals surface area contributed by atoms with Gasteiger partial charge in [0.05, 0.1) is 26.2 Å². The van der Waals surface area contributed by atoms with E-state index in [-0.39, 0.29) is 0 Å². The average Bonchev–Trinajstić information content (AvgIpc) is 2.81. The highest BCUT2D eigenvalue weighted by Gasteiger charge is 2.40. The number of nitrogens with zero attached hydrogens (tertiary/aromatic N) is 1. The van der Waals surface area contributed by atoms with Gasteiger partial charge in [0, 0.05) is 32.3 Å². The Balaban J connectivity index is 4.11. The summed E-state index contributed by atoms with van der Waals surface area (Å²) in [7, 11) is -2.50. The standard InChI is InChI=1S/C28H62NO3Si/c1-7-13-14-15-16-17-18-19-20-21-22-23-24-26-29(8-2,9-3)27-25-28-33(30-10-4,31-11-5)32-12-6/h7-28H2,1-6H3/q+1. The second kappa shape index (κ2) is 22.5. The molecule has 0 radical (unpaired) electrons. The second-order valence-electron chi connectivity index (χ2n) is 9.75. The van der Waals surface area contributed by atoms with E-state index in [1.165, 1.54) is 114 Å². The minimum atomic E-state index is -2.50. The van der Waals surface area contributed by atoms with Gasteiger partial charge in [-0.25, -0.2) is 0 Å². The summed E-state index contributed by atoms with van der Waals surface area (Å²) >= 11 is 0. The van der Waals surface area contributed by atoms with Gasteiger partial charge in [-0.2, -0.15) is 0 Å². The molecule has 0 heterocycles. The molecule has 200 valence electrons. The van der Waals surface area contributed by atoms with Crippen molar-refractivity contribution in [3.05, 3.63) is 0 Å². The van der Waals surface area contributed by atoms with Gasteiger partial charge >= 0.3 is 8.80 Å². The van der Waals surface area contributed by atoms with Crippen molar-refractivity contribution < 1.29 is 17.8 Å². The molecule has 0 amide bonds. The van der Waals surface area contributed by atoms with Crippen LogP contribution in [0.3, 0.4) is 0 Å². The van der Waals surface area contributed by atoms with E-state index in [0.717, 1.165) is 12.5 Å². The van der Waals surface area contributed by atoms with Crippen LogP contribution in [0.15, 0.2) is 0 Å². The van der Waals surface area contributed by atoms with Crippen molar-refractivity contribution in [2.24, 2.45) is 0 Å². The Kier molecular flexibility index (Phi) is 22.6. The molecule has 0 unspecified atom stereocenters. The lowest BCUT2D eigenvalue weighted by molar-refractivity contribution is -0.925. The third-order valence-corrected chi connectivity index (χ3v) is 10.4.